The fraction of sp³-hybridized carbons (Fsp3) is 0.130. The van der Waals surface area contributed by atoms with Crippen LogP contribution in [-0.2, 0) is 5.75 Å². The molecule has 0 fully saturated rings. The van der Waals surface area contributed by atoms with E-state index in [4.69, 9.17) is 0 Å². The van der Waals surface area contributed by atoms with Gasteiger partial charge in [-0.05, 0) is 37.1 Å². The van der Waals surface area contributed by atoms with Gasteiger partial charge in [0.2, 0.25) is 0 Å². The van der Waals surface area contributed by atoms with E-state index in [0.29, 0.717) is 0 Å². The Morgan fingerprint density at radius 1 is 0.778 bits per heavy atom. The quantitative estimate of drug-likeness (QED) is 0.413. The number of rotatable bonds is 5. The molecule has 134 valence electrons. The van der Waals surface area contributed by atoms with Gasteiger partial charge in [0.15, 0.2) is 11.0 Å². The molecule has 0 radical (unpaired) electrons. The van der Waals surface area contributed by atoms with Crippen molar-refractivity contribution in [2.45, 2.75) is 24.8 Å². The van der Waals surface area contributed by atoms with Crippen LogP contribution in [0.1, 0.15) is 16.7 Å². The summed E-state index contributed by atoms with van der Waals surface area (Å²) < 4.78 is 2.15. The molecule has 0 saturated heterocycles. The molecule has 4 aromatic rings. The van der Waals surface area contributed by atoms with Gasteiger partial charge in [-0.25, -0.2) is 0 Å². The van der Waals surface area contributed by atoms with Crippen molar-refractivity contribution < 1.29 is 0 Å². The fourth-order valence-electron chi connectivity index (χ4n) is 2.98. The van der Waals surface area contributed by atoms with Crippen molar-refractivity contribution in [3.8, 4) is 17.1 Å². The SMILES string of the molecule is Cc1ccc(-c2nnc(SCc3ccccc3C)n2-c2ccccc2)cc1. The minimum absolute atomic E-state index is 0.867. The molecule has 3 aromatic carbocycles. The van der Waals surface area contributed by atoms with Crippen LogP contribution < -0.4 is 0 Å². The highest BCUT2D eigenvalue weighted by Gasteiger charge is 2.16. The molecule has 1 heterocycles. The molecule has 0 spiro atoms. The largest absolute Gasteiger partial charge is 0.270 e. The Hall–Kier alpha value is -2.85. The van der Waals surface area contributed by atoms with Crippen molar-refractivity contribution in [1.29, 1.82) is 0 Å². The maximum absolute atomic E-state index is 4.52. The maximum Gasteiger partial charge on any atom is 0.196 e. The molecule has 0 aliphatic heterocycles. The molecule has 0 bridgehead atoms. The first-order chi connectivity index (χ1) is 13.2. The average Bonchev–Trinajstić information content (AvgIpc) is 3.12. The van der Waals surface area contributed by atoms with Crippen LogP contribution in [0.2, 0.25) is 0 Å². The van der Waals surface area contributed by atoms with Gasteiger partial charge in [0.25, 0.3) is 0 Å². The number of aryl methyl sites for hydroxylation is 2. The number of nitrogens with zero attached hydrogens (tertiary/aromatic N) is 3. The summed E-state index contributed by atoms with van der Waals surface area (Å²) in [7, 11) is 0. The van der Waals surface area contributed by atoms with Crippen molar-refractivity contribution >= 4 is 11.8 Å². The molecule has 0 atom stereocenters. The van der Waals surface area contributed by atoms with Crippen molar-refractivity contribution in [3.05, 3.63) is 95.6 Å². The highest BCUT2D eigenvalue weighted by molar-refractivity contribution is 7.98. The van der Waals surface area contributed by atoms with E-state index in [0.717, 1.165) is 28.0 Å². The first kappa shape index (κ1) is 17.6. The Bertz CT molecular complexity index is 1040. The van der Waals surface area contributed by atoms with Gasteiger partial charge in [-0.2, -0.15) is 0 Å². The Morgan fingerprint density at radius 3 is 2.22 bits per heavy atom. The van der Waals surface area contributed by atoms with Gasteiger partial charge in [0.1, 0.15) is 0 Å². The summed E-state index contributed by atoms with van der Waals surface area (Å²) in [4.78, 5) is 0. The van der Waals surface area contributed by atoms with Gasteiger partial charge in [0.05, 0.1) is 0 Å². The van der Waals surface area contributed by atoms with E-state index in [1.807, 2.05) is 18.2 Å². The topological polar surface area (TPSA) is 30.7 Å². The normalized spacial score (nSPS) is 10.9. The molecule has 0 amide bonds. The molecule has 0 aliphatic rings. The lowest BCUT2D eigenvalue weighted by Crippen LogP contribution is -1.99. The summed E-state index contributed by atoms with van der Waals surface area (Å²) in [6, 6.07) is 27.2. The summed E-state index contributed by atoms with van der Waals surface area (Å²) in [5, 5.41) is 9.93. The molecular weight excluding hydrogens is 350 g/mol. The van der Waals surface area contributed by atoms with Crippen molar-refractivity contribution in [2.24, 2.45) is 0 Å². The minimum Gasteiger partial charge on any atom is -0.270 e. The molecule has 1 aromatic heterocycles. The molecule has 27 heavy (non-hydrogen) atoms. The molecule has 0 saturated carbocycles. The van der Waals surface area contributed by atoms with E-state index in [9.17, 15) is 0 Å². The van der Waals surface area contributed by atoms with E-state index in [-0.39, 0.29) is 0 Å². The second kappa shape index (κ2) is 7.80. The van der Waals surface area contributed by atoms with Crippen LogP contribution in [0.4, 0.5) is 0 Å². The van der Waals surface area contributed by atoms with Gasteiger partial charge >= 0.3 is 0 Å². The van der Waals surface area contributed by atoms with Gasteiger partial charge in [-0.1, -0.05) is 84.1 Å². The van der Waals surface area contributed by atoms with Crippen LogP contribution in [0.5, 0.6) is 0 Å². The van der Waals surface area contributed by atoms with E-state index < -0.39 is 0 Å². The Balaban J connectivity index is 1.73. The van der Waals surface area contributed by atoms with Crippen molar-refractivity contribution in [2.75, 3.05) is 0 Å². The number of benzene rings is 3. The predicted octanol–water partition coefficient (Wildman–Crippen LogP) is 5.84. The van der Waals surface area contributed by atoms with Gasteiger partial charge < -0.3 is 0 Å². The van der Waals surface area contributed by atoms with E-state index in [2.05, 4.69) is 89.3 Å². The molecule has 4 heteroatoms. The molecule has 3 nitrogen and oxygen atoms in total. The number of para-hydroxylation sites is 1. The van der Waals surface area contributed by atoms with Crippen LogP contribution in [0.3, 0.4) is 0 Å². The van der Waals surface area contributed by atoms with Gasteiger partial charge in [-0.3, -0.25) is 4.57 Å². The lowest BCUT2D eigenvalue weighted by Gasteiger charge is -2.11. The van der Waals surface area contributed by atoms with Crippen LogP contribution >= 0.6 is 11.8 Å². The fourth-order valence-corrected chi connectivity index (χ4v) is 4.01. The molecule has 4 rings (SSSR count). The third-order valence-electron chi connectivity index (χ3n) is 4.58. The lowest BCUT2D eigenvalue weighted by atomic mass is 10.1. The van der Waals surface area contributed by atoms with Crippen molar-refractivity contribution in [3.63, 3.8) is 0 Å². The van der Waals surface area contributed by atoms with E-state index in [1.54, 1.807) is 11.8 Å². The highest BCUT2D eigenvalue weighted by atomic mass is 32.2. The second-order valence-electron chi connectivity index (χ2n) is 6.56. The summed E-state index contributed by atoms with van der Waals surface area (Å²) in [6.07, 6.45) is 0. The third kappa shape index (κ3) is 3.81. The van der Waals surface area contributed by atoms with Crippen molar-refractivity contribution in [1.82, 2.24) is 14.8 Å². The van der Waals surface area contributed by atoms with E-state index >= 15 is 0 Å². The summed E-state index contributed by atoms with van der Waals surface area (Å²) in [5.74, 6) is 1.74. The third-order valence-corrected chi connectivity index (χ3v) is 5.55. The second-order valence-corrected chi connectivity index (χ2v) is 7.50. The first-order valence-electron chi connectivity index (χ1n) is 8.97. The lowest BCUT2D eigenvalue weighted by molar-refractivity contribution is 0.886. The zero-order chi connectivity index (χ0) is 18.6. The number of hydrogen-bond acceptors (Lipinski definition) is 3. The average molecular weight is 372 g/mol. The van der Waals surface area contributed by atoms with Crippen LogP contribution in [0, 0.1) is 13.8 Å². The first-order valence-corrected chi connectivity index (χ1v) is 9.96. The number of aromatic nitrogens is 3. The maximum atomic E-state index is 4.52. The zero-order valence-corrected chi connectivity index (χ0v) is 16.3. The smallest absolute Gasteiger partial charge is 0.196 e. The minimum atomic E-state index is 0.867. The standard InChI is InChI=1S/C23H21N3S/c1-17-12-14-19(15-13-17)22-24-25-23(26(22)21-10-4-3-5-11-21)27-16-20-9-7-6-8-18(20)2/h3-15H,16H2,1-2H3. The Morgan fingerprint density at radius 2 is 1.48 bits per heavy atom. The summed E-state index contributed by atoms with van der Waals surface area (Å²) in [6.45, 7) is 4.24. The molecular formula is C23H21N3S. The highest BCUT2D eigenvalue weighted by Crippen LogP contribution is 2.30. The van der Waals surface area contributed by atoms with Crippen LogP contribution in [0.25, 0.3) is 17.1 Å². The van der Waals surface area contributed by atoms with Gasteiger partial charge in [0, 0.05) is 17.0 Å². The molecule has 0 unspecified atom stereocenters. The predicted molar refractivity (Wildman–Crippen MR) is 112 cm³/mol. The van der Waals surface area contributed by atoms with Crippen LogP contribution in [0.15, 0.2) is 84.0 Å². The monoisotopic (exact) mass is 371 g/mol. The van der Waals surface area contributed by atoms with Crippen LogP contribution in [-0.4, -0.2) is 14.8 Å². The molecule has 0 N–H and O–H groups in total. The Labute approximate surface area is 164 Å². The Kier molecular flexibility index (Phi) is 5.07. The summed E-state index contributed by atoms with van der Waals surface area (Å²) in [5.41, 5.74) is 6.00. The number of hydrogen-bond donors (Lipinski definition) is 0. The van der Waals surface area contributed by atoms with Gasteiger partial charge in [-0.15, -0.1) is 10.2 Å². The zero-order valence-electron chi connectivity index (χ0n) is 15.5. The summed E-state index contributed by atoms with van der Waals surface area (Å²) >= 11 is 1.72. The number of thioether (sulfide) groups is 1. The van der Waals surface area contributed by atoms with E-state index in [1.165, 1.54) is 16.7 Å². The molecule has 0 aliphatic carbocycles.